The minimum atomic E-state index is -4.57. The Bertz CT molecular complexity index is 631. The lowest BCUT2D eigenvalue weighted by Gasteiger charge is -2.14. The first kappa shape index (κ1) is 16.7. The van der Waals surface area contributed by atoms with Gasteiger partial charge in [-0.2, -0.15) is 8.78 Å². The van der Waals surface area contributed by atoms with E-state index in [1.165, 1.54) is 19.2 Å². The van der Waals surface area contributed by atoms with Gasteiger partial charge in [0.2, 0.25) is 9.84 Å². The number of anilines is 1. The average molecular weight is 333 g/mol. The molecule has 1 saturated carbocycles. The Balaban J connectivity index is 2.00. The molecule has 0 amide bonds. The molecule has 5 nitrogen and oxygen atoms in total. The van der Waals surface area contributed by atoms with Crippen molar-refractivity contribution in [3.8, 4) is 0 Å². The fourth-order valence-corrected chi connectivity index (χ4v) is 3.29. The number of benzene rings is 1. The SMILES string of the molecule is COC(=O)[C@H]1CC[C@@H](Nc2ccc(S(=O)(=O)C(F)F)cc2)C1. The number of halogens is 2. The molecule has 1 aromatic carbocycles. The average Bonchev–Trinajstić information content (AvgIpc) is 2.95. The first-order valence-corrected chi connectivity index (χ1v) is 8.35. The van der Waals surface area contributed by atoms with Gasteiger partial charge in [0.25, 0.3) is 0 Å². The van der Waals surface area contributed by atoms with Crippen molar-refractivity contribution in [2.45, 2.75) is 36.0 Å². The molecular formula is C14H17F2NO4S. The Labute approximate surface area is 127 Å². The molecule has 122 valence electrons. The van der Waals surface area contributed by atoms with E-state index in [-0.39, 0.29) is 17.9 Å². The topological polar surface area (TPSA) is 72.5 Å². The maximum Gasteiger partial charge on any atom is 0.341 e. The minimum absolute atomic E-state index is 0.0710. The second-order valence-corrected chi connectivity index (χ2v) is 7.12. The van der Waals surface area contributed by atoms with Crippen LogP contribution in [0, 0.1) is 5.92 Å². The lowest BCUT2D eigenvalue weighted by molar-refractivity contribution is -0.145. The third kappa shape index (κ3) is 3.55. The fourth-order valence-electron chi connectivity index (χ4n) is 2.57. The summed E-state index contributed by atoms with van der Waals surface area (Å²) in [5, 5.41) is 3.17. The Morgan fingerprint density at radius 1 is 1.27 bits per heavy atom. The number of methoxy groups -OCH3 is 1. The Kier molecular flexibility index (Phi) is 5.00. The van der Waals surface area contributed by atoms with Crippen LogP contribution in [0.1, 0.15) is 19.3 Å². The summed E-state index contributed by atoms with van der Waals surface area (Å²) in [5.41, 5.74) is 0.628. The highest BCUT2D eigenvalue weighted by Gasteiger charge is 2.31. The summed E-state index contributed by atoms with van der Waals surface area (Å²) in [6.07, 6.45) is 2.14. The molecule has 1 fully saturated rings. The summed E-state index contributed by atoms with van der Waals surface area (Å²) in [6.45, 7) is 0. The van der Waals surface area contributed by atoms with Gasteiger partial charge >= 0.3 is 11.7 Å². The normalized spacial score (nSPS) is 21.8. The lowest BCUT2D eigenvalue weighted by atomic mass is 10.1. The second kappa shape index (κ2) is 6.60. The van der Waals surface area contributed by atoms with Gasteiger partial charge in [-0.15, -0.1) is 0 Å². The second-order valence-electron chi connectivity index (χ2n) is 5.20. The Hall–Kier alpha value is -1.70. The van der Waals surface area contributed by atoms with E-state index >= 15 is 0 Å². The number of carbonyl (C=O) groups is 1. The molecule has 2 rings (SSSR count). The molecule has 0 radical (unpaired) electrons. The van der Waals surface area contributed by atoms with E-state index in [1.807, 2.05) is 0 Å². The number of ether oxygens (including phenoxy) is 1. The lowest BCUT2D eigenvalue weighted by Crippen LogP contribution is -2.19. The minimum Gasteiger partial charge on any atom is -0.469 e. The van der Waals surface area contributed by atoms with Gasteiger partial charge in [-0.1, -0.05) is 0 Å². The third-order valence-electron chi connectivity index (χ3n) is 3.76. The van der Waals surface area contributed by atoms with E-state index in [0.717, 1.165) is 25.0 Å². The van der Waals surface area contributed by atoms with Gasteiger partial charge < -0.3 is 10.1 Å². The highest BCUT2D eigenvalue weighted by atomic mass is 32.2. The molecule has 0 aromatic heterocycles. The van der Waals surface area contributed by atoms with E-state index in [1.54, 1.807) is 0 Å². The number of rotatable bonds is 5. The molecule has 0 spiro atoms. The van der Waals surface area contributed by atoms with E-state index < -0.39 is 20.5 Å². The van der Waals surface area contributed by atoms with Crippen molar-refractivity contribution in [2.75, 3.05) is 12.4 Å². The van der Waals surface area contributed by atoms with E-state index in [0.29, 0.717) is 12.1 Å². The van der Waals surface area contributed by atoms with Gasteiger partial charge in [-0.3, -0.25) is 4.79 Å². The maximum absolute atomic E-state index is 12.4. The molecule has 1 aliphatic rings. The highest BCUT2D eigenvalue weighted by molar-refractivity contribution is 7.91. The smallest absolute Gasteiger partial charge is 0.341 e. The summed E-state index contributed by atoms with van der Waals surface area (Å²) in [4.78, 5) is 11.0. The van der Waals surface area contributed by atoms with Gasteiger partial charge in [-0.05, 0) is 43.5 Å². The number of esters is 1. The van der Waals surface area contributed by atoms with Gasteiger partial charge in [0.05, 0.1) is 17.9 Å². The predicted octanol–water partition coefficient (Wildman–Crippen LogP) is 2.44. The molecule has 0 unspecified atom stereocenters. The van der Waals surface area contributed by atoms with Crippen molar-refractivity contribution in [1.29, 1.82) is 0 Å². The number of sulfone groups is 1. The summed E-state index contributed by atoms with van der Waals surface area (Å²) in [7, 11) is -3.21. The molecule has 0 saturated heterocycles. The number of hydrogen-bond donors (Lipinski definition) is 1. The molecule has 1 N–H and O–H groups in total. The van der Waals surface area contributed by atoms with Crippen molar-refractivity contribution in [1.82, 2.24) is 0 Å². The molecule has 0 bridgehead atoms. The van der Waals surface area contributed by atoms with Crippen LogP contribution in [-0.2, 0) is 19.4 Å². The van der Waals surface area contributed by atoms with Gasteiger partial charge in [-0.25, -0.2) is 8.42 Å². The predicted molar refractivity (Wildman–Crippen MR) is 76.4 cm³/mol. The van der Waals surface area contributed by atoms with Crippen LogP contribution in [0.2, 0.25) is 0 Å². The van der Waals surface area contributed by atoms with Crippen molar-refractivity contribution < 1.29 is 26.7 Å². The zero-order chi connectivity index (χ0) is 16.3. The summed E-state index contributed by atoms with van der Waals surface area (Å²) >= 11 is 0. The van der Waals surface area contributed by atoms with E-state index in [4.69, 9.17) is 4.74 Å². The summed E-state index contributed by atoms with van der Waals surface area (Å²) in [6, 6.07) is 5.26. The van der Waals surface area contributed by atoms with Crippen LogP contribution in [0.25, 0.3) is 0 Å². The Morgan fingerprint density at radius 2 is 1.91 bits per heavy atom. The summed E-state index contributed by atoms with van der Waals surface area (Å²) in [5.74, 6) is -3.80. The van der Waals surface area contributed by atoms with Crippen LogP contribution >= 0.6 is 0 Å². The number of alkyl halides is 2. The number of nitrogens with one attached hydrogen (secondary N) is 1. The number of hydrogen-bond acceptors (Lipinski definition) is 5. The first-order valence-electron chi connectivity index (χ1n) is 6.81. The highest BCUT2D eigenvalue weighted by Crippen LogP contribution is 2.29. The van der Waals surface area contributed by atoms with E-state index in [2.05, 4.69) is 5.32 Å². The molecule has 1 aliphatic carbocycles. The van der Waals surface area contributed by atoms with Crippen molar-refractivity contribution in [3.63, 3.8) is 0 Å². The quantitative estimate of drug-likeness (QED) is 0.838. The molecular weight excluding hydrogens is 316 g/mol. The molecule has 1 aromatic rings. The van der Waals surface area contributed by atoms with Crippen LogP contribution in [0.3, 0.4) is 0 Å². The Morgan fingerprint density at radius 3 is 2.45 bits per heavy atom. The van der Waals surface area contributed by atoms with Crippen molar-refractivity contribution in [2.24, 2.45) is 5.92 Å². The van der Waals surface area contributed by atoms with Gasteiger partial charge in [0.1, 0.15) is 0 Å². The maximum atomic E-state index is 12.4. The van der Waals surface area contributed by atoms with Gasteiger partial charge in [0.15, 0.2) is 0 Å². The van der Waals surface area contributed by atoms with Crippen molar-refractivity contribution >= 4 is 21.5 Å². The zero-order valence-electron chi connectivity index (χ0n) is 12.0. The van der Waals surface area contributed by atoms with Crippen LogP contribution in [0.5, 0.6) is 0 Å². The first-order chi connectivity index (χ1) is 10.3. The zero-order valence-corrected chi connectivity index (χ0v) is 12.8. The van der Waals surface area contributed by atoms with Crippen LogP contribution in [0.4, 0.5) is 14.5 Å². The van der Waals surface area contributed by atoms with Gasteiger partial charge in [0, 0.05) is 11.7 Å². The molecule has 8 heteroatoms. The fraction of sp³-hybridized carbons (Fsp3) is 0.500. The third-order valence-corrected chi connectivity index (χ3v) is 5.15. The van der Waals surface area contributed by atoms with Crippen molar-refractivity contribution in [3.05, 3.63) is 24.3 Å². The number of carbonyl (C=O) groups excluding carboxylic acids is 1. The molecule has 0 heterocycles. The molecule has 2 atom stereocenters. The molecule has 0 aliphatic heterocycles. The standard InChI is InChI=1S/C14H17F2NO4S/c1-21-13(18)9-2-3-11(8-9)17-10-4-6-12(7-5-10)22(19,20)14(15)16/h4-7,9,11,14,17H,2-3,8H2,1H3/t9-,11+/m0/s1. The molecule has 22 heavy (non-hydrogen) atoms. The van der Waals surface area contributed by atoms with E-state index in [9.17, 15) is 22.0 Å². The van der Waals surface area contributed by atoms with Crippen LogP contribution < -0.4 is 5.32 Å². The summed E-state index contributed by atoms with van der Waals surface area (Å²) < 4.78 is 52.2. The monoisotopic (exact) mass is 333 g/mol. The largest absolute Gasteiger partial charge is 0.469 e. The van der Waals surface area contributed by atoms with Crippen LogP contribution in [0.15, 0.2) is 29.2 Å². The van der Waals surface area contributed by atoms with Crippen LogP contribution in [-0.4, -0.2) is 33.3 Å².